The minimum atomic E-state index is 0.911. The van der Waals surface area contributed by atoms with Crippen molar-refractivity contribution in [2.45, 2.75) is 58.4 Å². The Kier molecular flexibility index (Phi) is 5.30. The molecule has 2 rings (SSSR count). The molecule has 2 aliphatic rings. The molecule has 0 aromatic carbocycles. The third-order valence-corrected chi connectivity index (χ3v) is 4.81. The molecule has 1 saturated heterocycles. The van der Waals surface area contributed by atoms with Crippen molar-refractivity contribution in [1.29, 1.82) is 0 Å². The molecule has 100 valence electrons. The number of nitrogens with zero attached hydrogens (tertiary/aromatic N) is 1. The van der Waals surface area contributed by atoms with Crippen LogP contribution in [0.25, 0.3) is 0 Å². The first-order valence-corrected chi connectivity index (χ1v) is 7.79. The minimum absolute atomic E-state index is 0.911. The largest absolute Gasteiger partial charge is 0.316 e. The first-order chi connectivity index (χ1) is 8.35. The van der Waals surface area contributed by atoms with Crippen molar-refractivity contribution < 1.29 is 0 Å². The van der Waals surface area contributed by atoms with Gasteiger partial charge in [0.1, 0.15) is 0 Å². The summed E-state index contributed by atoms with van der Waals surface area (Å²) in [5.41, 5.74) is 0. The van der Waals surface area contributed by atoms with E-state index in [-0.39, 0.29) is 0 Å². The summed E-state index contributed by atoms with van der Waals surface area (Å²) in [5.74, 6) is 1.92. The van der Waals surface area contributed by atoms with E-state index in [0.29, 0.717) is 0 Å². The molecule has 1 heterocycles. The standard InChI is InChI=1S/C15H30N2/c1-3-9-16-11-14-7-8-15(14)17-10-5-6-13(4-2)12-17/h13-16H,3-12H2,1-2H3. The van der Waals surface area contributed by atoms with Gasteiger partial charge in [-0.25, -0.2) is 0 Å². The summed E-state index contributed by atoms with van der Waals surface area (Å²) < 4.78 is 0. The molecule has 2 heteroatoms. The lowest BCUT2D eigenvalue weighted by atomic mass is 9.77. The maximum atomic E-state index is 3.60. The molecule has 0 aromatic heterocycles. The molecule has 17 heavy (non-hydrogen) atoms. The second-order valence-corrected chi connectivity index (χ2v) is 6.02. The molecular formula is C15H30N2. The fourth-order valence-corrected chi connectivity index (χ4v) is 3.47. The van der Waals surface area contributed by atoms with E-state index in [9.17, 15) is 0 Å². The Morgan fingerprint density at radius 3 is 2.71 bits per heavy atom. The van der Waals surface area contributed by atoms with Crippen LogP contribution in [-0.2, 0) is 0 Å². The van der Waals surface area contributed by atoms with Crippen molar-refractivity contribution in [3.05, 3.63) is 0 Å². The van der Waals surface area contributed by atoms with E-state index in [2.05, 4.69) is 24.1 Å². The predicted octanol–water partition coefficient (Wildman–Crippen LogP) is 2.89. The van der Waals surface area contributed by atoms with E-state index >= 15 is 0 Å². The van der Waals surface area contributed by atoms with Crippen LogP contribution < -0.4 is 5.32 Å². The van der Waals surface area contributed by atoms with Crippen LogP contribution in [0.4, 0.5) is 0 Å². The molecule has 1 N–H and O–H groups in total. The molecule has 2 fully saturated rings. The van der Waals surface area contributed by atoms with E-state index in [0.717, 1.165) is 17.9 Å². The molecule has 3 unspecified atom stereocenters. The maximum absolute atomic E-state index is 3.60. The lowest BCUT2D eigenvalue weighted by molar-refractivity contribution is 0.0280. The summed E-state index contributed by atoms with van der Waals surface area (Å²) in [4.78, 5) is 2.81. The highest BCUT2D eigenvalue weighted by atomic mass is 15.2. The van der Waals surface area contributed by atoms with Gasteiger partial charge in [0.25, 0.3) is 0 Å². The zero-order valence-corrected chi connectivity index (χ0v) is 11.8. The highest BCUT2D eigenvalue weighted by Crippen LogP contribution is 2.34. The third-order valence-electron chi connectivity index (χ3n) is 4.81. The average molecular weight is 238 g/mol. The molecule has 0 amide bonds. The molecule has 3 atom stereocenters. The Morgan fingerprint density at radius 1 is 1.18 bits per heavy atom. The van der Waals surface area contributed by atoms with Crippen LogP contribution in [0.2, 0.25) is 0 Å². The highest BCUT2D eigenvalue weighted by molar-refractivity contribution is 4.91. The Hall–Kier alpha value is -0.0800. The third kappa shape index (κ3) is 3.45. The van der Waals surface area contributed by atoms with Crippen molar-refractivity contribution in [2.75, 3.05) is 26.2 Å². The van der Waals surface area contributed by atoms with Crippen molar-refractivity contribution in [3.8, 4) is 0 Å². The Bertz CT molecular complexity index is 217. The van der Waals surface area contributed by atoms with Gasteiger partial charge in [-0.1, -0.05) is 20.3 Å². The predicted molar refractivity (Wildman–Crippen MR) is 74.3 cm³/mol. The fraction of sp³-hybridized carbons (Fsp3) is 1.00. The monoisotopic (exact) mass is 238 g/mol. The minimum Gasteiger partial charge on any atom is -0.316 e. The lowest BCUT2D eigenvalue weighted by Gasteiger charge is -2.47. The number of hydrogen-bond donors (Lipinski definition) is 1. The molecule has 0 aromatic rings. The number of hydrogen-bond acceptors (Lipinski definition) is 2. The van der Waals surface area contributed by atoms with E-state index in [1.54, 1.807) is 0 Å². The Balaban J connectivity index is 1.73. The van der Waals surface area contributed by atoms with Crippen LogP contribution in [0.3, 0.4) is 0 Å². The second kappa shape index (κ2) is 6.75. The van der Waals surface area contributed by atoms with Gasteiger partial charge in [-0.3, -0.25) is 4.90 Å². The van der Waals surface area contributed by atoms with Crippen LogP contribution in [0, 0.1) is 11.8 Å². The molecule has 0 radical (unpaired) electrons. The van der Waals surface area contributed by atoms with Crippen molar-refractivity contribution >= 4 is 0 Å². The molecule has 1 aliphatic heterocycles. The quantitative estimate of drug-likeness (QED) is 0.716. The smallest absolute Gasteiger partial charge is 0.0136 e. The summed E-state index contributed by atoms with van der Waals surface area (Å²) in [5, 5.41) is 3.60. The van der Waals surface area contributed by atoms with Crippen LogP contribution in [0.15, 0.2) is 0 Å². The zero-order valence-electron chi connectivity index (χ0n) is 11.8. The molecule has 0 bridgehead atoms. The van der Waals surface area contributed by atoms with Crippen LogP contribution >= 0.6 is 0 Å². The molecule has 1 saturated carbocycles. The topological polar surface area (TPSA) is 15.3 Å². The van der Waals surface area contributed by atoms with Gasteiger partial charge in [0.15, 0.2) is 0 Å². The Labute approximate surface area is 107 Å². The van der Waals surface area contributed by atoms with Crippen LogP contribution in [0.5, 0.6) is 0 Å². The van der Waals surface area contributed by atoms with Gasteiger partial charge < -0.3 is 5.32 Å². The van der Waals surface area contributed by atoms with Gasteiger partial charge in [0.2, 0.25) is 0 Å². The van der Waals surface area contributed by atoms with Crippen LogP contribution in [-0.4, -0.2) is 37.1 Å². The van der Waals surface area contributed by atoms with E-state index < -0.39 is 0 Å². The maximum Gasteiger partial charge on any atom is 0.0136 e. The molecular weight excluding hydrogens is 208 g/mol. The summed E-state index contributed by atoms with van der Waals surface area (Å²) in [6, 6.07) is 0.911. The Morgan fingerprint density at radius 2 is 2.06 bits per heavy atom. The van der Waals surface area contributed by atoms with E-state index in [1.165, 1.54) is 64.7 Å². The van der Waals surface area contributed by atoms with Crippen LogP contribution in [0.1, 0.15) is 52.4 Å². The molecule has 0 spiro atoms. The number of piperidine rings is 1. The SMILES string of the molecule is CCCNCC1CCC1N1CCCC(CC)C1. The summed E-state index contributed by atoms with van der Waals surface area (Å²) in [7, 11) is 0. The first kappa shape index (κ1) is 13.4. The van der Waals surface area contributed by atoms with Gasteiger partial charge in [-0.15, -0.1) is 0 Å². The van der Waals surface area contributed by atoms with Gasteiger partial charge in [0, 0.05) is 12.6 Å². The zero-order chi connectivity index (χ0) is 12.1. The lowest BCUT2D eigenvalue weighted by Crippen LogP contribution is -2.53. The highest BCUT2D eigenvalue weighted by Gasteiger charge is 2.36. The van der Waals surface area contributed by atoms with Gasteiger partial charge >= 0.3 is 0 Å². The number of rotatable bonds is 6. The average Bonchev–Trinajstić information content (AvgIpc) is 2.33. The summed E-state index contributed by atoms with van der Waals surface area (Å²) in [6.45, 7) is 9.81. The molecule has 1 aliphatic carbocycles. The number of likely N-dealkylation sites (tertiary alicyclic amines) is 1. The number of nitrogens with one attached hydrogen (secondary N) is 1. The summed E-state index contributed by atoms with van der Waals surface area (Å²) >= 11 is 0. The van der Waals surface area contributed by atoms with E-state index in [1.807, 2.05) is 0 Å². The van der Waals surface area contributed by atoms with Gasteiger partial charge in [0.05, 0.1) is 0 Å². The van der Waals surface area contributed by atoms with Gasteiger partial charge in [-0.2, -0.15) is 0 Å². The van der Waals surface area contributed by atoms with Gasteiger partial charge in [-0.05, 0) is 63.6 Å². The summed E-state index contributed by atoms with van der Waals surface area (Å²) in [6.07, 6.45) is 8.45. The van der Waals surface area contributed by atoms with Crippen molar-refractivity contribution in [1.82, 2.24) is 10.2 Å². The second-order valence-electron chi connectivity index (χ2n) is 6.02. The molecule has 2 nitrogen and oxygen atoms in total. The van der Waals surface area contributed by atoms with Crippen molar-refractivity contribution in [2.24, 2.45) is 11.8 Å². The normalized spacial score (nSPS) is 34.6. The van der Waals surface area contributed by atoms with E-state index in [4.69, 9.17) is 0 Å². The fourth-order valence-electron chi connectivity index (χ4n) is 3.47. The van der Waals surface area contributed by atoms with Crippen molar-refractivity contribution in [3.63, 3.8) is 0 Å². The first-order valence-electron chi connectivity index (χ1n) is 7.79.